The van der Waals surface area contributed by atoms with Crippen LogP contribution in [0, 0.1) is 5.92 Å². The van der Waals surface area contributed by atoms with Crippen LogP contribution in [0.15, 0.2) is 12.3 Å². The van der Waals surface area contributed by atoms with Gasteiger partial charge in [-0.05, 0) is 12.0 Å². The van der Waals surface area contributed by atoms with Gasteiger partial charge in [0.25, 0.3) is 0 Å². The van der Waals surface area contributed by atoms with E-state index in [2.05, 4.69) is 10.4 Å². The molecule has 0 aliphatic rings. The third-order valence-electron chi connectivity index (χ3n) is 2.67. The Bertz CT molecular complexity index is 346. The topological polar surface area (TPSA) is 72.9 Å². The lowest BCUT2D eigenvalue weighted by molar-refractivity contribution is -0.121. The number of nitrogens with one attached hydrogen (secondary N) is 1. The number of hydrogen-bond donors (Lipinski definition) is 2. The Morgan fingerprint density at radius 2 is 2.31 bits per heavy atom. The van der Waals surface area contributed by atoms with Gasteiger partial charge in [0, 0.05) is 25.7 Å². The number of amides is 1. The molecule has 1 amide bonds. The Hall–Kier alpha value is -1.36. The molecule has 5 nitrogen and oxygen atoms in total. The molecule has 3 N–H and O–H groups in total. The molecule has 0 aliphatic heterocycles. The van der Waals surface area contributed by atoms with Crippen LogP contribution in [0.25, 0.3) is 0 Å². The summed E-state index contributed by atoms with van der Waals surface area (Å²) < 4.78 is 1.74. The van der Waals surface area contributed by atoms with Gasteiger partial charge >= 0.3 is 0 Å². The zero-order valence-corrected chi connectivity index (χ0v) is 10.1. The van der Waals surface area contributed by atoms with Crippen LogP contribution >= 0.6 is 0 Å². The van der Waals surface area contributed by atoms with E-state index < -0.39 is 0 Å². The van der Waals surface area contributed by atoms with E-state index >= 15 is 0 Å². The van der Waals surface area contributed by atoms with Crippen molar-refractivity contribution in [3.05, 3.63) is 18.0 Å². The summed E-state index contributed by atoms with van der Waals surface area (Å²) in [6.07, 6.45) is 2.08. The lowest BCUT2D eigenvalue weighted by Gasteiger charge is -2.14. The average Bonchev–Trinajstić information content (AvgIpc) is 2.61. The molecule has 1 rings (SSSR count). The Morgan fingerprint density at radius 3 is 2.81 bits per heavy atom. The maximum atomic E-state index is 11.5. The van der Waals surface area contributed by atoms with E-state index in [0.717, 1.165) is 5.69 Å². The SMILES string of the molecule is CC(C)C(N)CC(=O)NCc1ccnn1C. The van der Waals surface area contributed by atoms with Crippen LogP contribution in [-0.2, 0) is 18.4 Å². The summed E-state index contributed by atoms with van der Waals surface area (Å²) in [6, 6.07) is 1.80. The largest absolute Gasteiger partial charge is 0.350 e. The van der Waals surface area contributed by atoms with Crippen molar-refractivity contribution < 1.29 is 4.79 Å². The van der Waals surface area contributed by atoms with E-state index in [1.807, 2.05) is 27.0 Å². The van der Waals surface area contributed by atoms with Crippen LogP contribution in [0.2, 0.25) is 0 Å². The van der Waals surface area contributed by atoms with Crippen LogP contribution in [-0.4, -0.2) is 21.7 Å². The molecule has 0 saturated carbocycles. The van der Waals surface area contributed by atoms with Gasteiger partial charge in [0.1, 0.15) is 0 Å². The number of carbonyl (C=O) groups is 1. The van der Waals surface area contributed by atoms with Gasteiger partial charge in [0.05, 0.1) is 12.2 Å². The molecule has 0 aromatic carbocycles. The van der Waals surface area contributed by atoms with Gasteiger partial charge in [-0.1, -0.05) is 13.8 Å². The molecular formula is C11H20N4O. The maximum absolute atomic E-state index is 11.5. The number of aromatic nitrogens is 2. The lowest BCUT2D eigenvalue weighted by Crippen LogP contribution is -2.34. The summed E-state index contributed by atoms with van der Waals surface area (Å²) in [7, 11) is 1.85. The molecule has 1 atom stereocenters. The maximum Gasteiger partial charge on any atom is 0.221 e. The van der Waals surface area contributed by atoms with Crippen molar-refractivity contribution in [2.45, 2.75) is 32.9 Å². The first-order valence-electron chi connectivity index (χ1n) is 5.50. The van der Waals surface area contributed by atoms with Crippen LogP contribution < -0.4 is 11.1 Å². The normalized spacial score (nSPS) is 12.8. The minimum absolute atomic E-state index is 0.0117. The van der Waals surface area contributed by atoms with Crippen molar-refractivity contribution >= 4 is 5.91 Å². The lowest BCUT2D eigenvalue weighted by atomic mass is 10.0. The molecule has 1 aromatic rings. The summed E-state index contributed by atoms with van der Waals surface area (Å²) in [5, 5.41) is 6.86. The summed E-state index contributed by atoms with van der Waals surface area (Å²) in [5.74, 6) is 0.310. The van der Waals surface area contributed by atoms with E-state index in [0.29, 0.717) is 18.9 Å². The zero-order chi connectivity index (χ0) is 12.1. The summed E-state index contributed by atoms with van der Waals surface area (Å²) in [4.78, 5) is 11.5. The van der Waals surface area contributed by atoms with E-state index in [1.165, 1.54) is 0 Å². The summed E-state index contributed by atoms with van der Waals surface area (Å²) >= 11 is 0. The highest BCUT2D eigenvalue weighted by Gasteiger charge is 2.12. The summed E-state index contributed by atoms with van der Waals surface area (Å²) in [6.45, 7) is 4.53. The minimum atomic E-state index is -0.0773. The molecule has 1 unspecified atom stereocenters. The molecule has 5 heteroatoms. The van der Waals surface area contributed by atoms with E-state index in [9.17, 15) is 4.79 Å². The Balaban J connectivity index is 2.33. The second-order valence-corrected chi connectivity index (χ2v) is 4.33. The molecular weight excluding hydrogens is 204 g/mol. The molecule has 0 bridgehead atoms. The van der Waals surface area contributed by atoms with Crippen LogP contribution in [0.3, 0.4) is 0 Å². The first kappa shape index (κ1) is 12.7. The standard InChI is InChI=1S/C11H20N4O/c1-8(2)10(12)6-11(16)13-7-9-4-5-14-15(9)3/h4-5,8,10H,6-7,12H2,1-3H3,(H,13,16). The molecule has 0 fully saturated rings. The molecule has 0 spiro atoms. The van der Waals surface area contributed by atoms with Crippen molar-refractivity contribution in [3.8, 4) is 0 Å². The molecule has 1 aromatic heterocycles. The number of hydrogen-bond acceptors (Lipinski definition) is 3. The number of aryl methyl sites for hydroxylation is 1. The quantitative estimate of drug-likeness (QED) is 0.761. The minimum Gasteiger partial charge on any atom is -0.350 e. The number of carbonyl (C=O) groups excluding carboxylic acids is 1. The van der Waals surface area contributed by atoms with Crippen molar-refractivity contribution in [2.75, 3.05) is 0 Å². The van der Waals surface area contributed by atoms with Gasteiger partial charge in [-0.15, -0.1) is 0 Å². The molecule has 0 radical (unpaired) electrons. The van der Waals surface area contributed by atoms with Crippen molar-refractivity contribution in [1.82, 2.24) is 15.1 Å². The first-order valence-corrected chi connectivity index (χ1v) is 5.50. The van der Waals surface area contributed by atoms with Gasteiger partial charge in [-0.3, -0.25) is 9.48 Å². The number of nitrogens with zero attached hydrogens (tertiary/aromatic N) is 2. The highest BCUT2D eigenvalue weighted by molar-refractivity contribution is 5.76. The fraction of sp³-hybridized carbons (Fsp3) is 0.636. The van der Waals surface area contributed by atoms with Crippen molar-refractivity contribution in [3.63, 3.8) is 0 Å². The van der Waals surface area contributed by atoms with Gasteiger partial charge in [-0.2, -0.15) is 5.10 Å². The second kappa shape index (κ2) is 5.65. The van der Waals surface area contributed by atoms with E-state index in [-0.39, 0.29) is 11.9 Å². The Kier molecular flexibility index (Phi) is 4.49. The van der Waals surface area contributed by atoms with Crippen LogP contribution in [0.5, 0.6) is 0 Å². The molecule has 0 aliphatic carbocycles. The van der Waals surface area contributed by atoms with Gasteiger partial charge in [0.15, 0.2) is 0 Å². The van der Waals surface area contributed by atoms with Crippen molar-refractivity contribution in [2.24, 2.45) is 18.7 Å². The Labute approximate surface area is 96.0 Å². The van der Waals surface area contributed by atoms with Gasteiger partial charge in [0.2, 0.25) is 5.91 Å². The molecule has 1 heterocycles. The fourth-order valence-electron chi connectivity index (χ4n) is 1.29. The van der Waals surface area contributed by atoms with E-state index in [4.69, 9.17) is 5.73 Å². The zero-order valence-electron chi connectivity index (χ0n) is 10.1. The van der Waals surface area contributed by atoms with Gasteiger partial charge in [-0.25, -0.2) is 0 Å². The first-order chi connectivity index (χ1) is 7.50. The molecule has 90 valence electrons. The monoisotopic (exact) mass is 224 g/mol. The van der Waals surface area contributed by atoms with Crippen LogP contribution in [0.1, 0.15) is 26.0 Å². The number of rotatable bonds is 5. The number of nitrogens with two attached hydrogens (primary N) is 1. The van der Waals surface area contributed by atoms with Gasteiger partial charge < -0.3 is 11.1 Å². The highest BCUT2D eigenvalue weighted by Crippen LogP contribution is 2.03. The Morgan fingerprint density at radius 1 is 1.62 bits per heavy atom. The molecule has 16 heavy (non-hydrogen) atoms. The predicted octanol–water partition coefficient (Wildman–Crippen LogP) is 0.410. The predicted molar refractivity (Wildman–Crippen MR) is 62.5 cm³/mol. The molecule has 0 saturated heterocycles. The van der Waals surface area contributed by atoms with E-state index in [1.54, 1.807) is 10.9 Å². The second-order valence-electron chi connectivity index (χ2n) is 4.33. The van der Waals surface area contributed by atoms with Crippen LogP contribution in [0.4, 0.5) is 0 Å². The smallest absolute Gasteiger partial charge is 0.221 e. The summed E-state index contributed by atoms with van der Waals surface area (Å²) in [5.41, 5.74) is 6.80. The third-order valence-corrected chi connectivity index (χ3v) is 2.67. The average molecular weight is 224 g/mol. The third kappa shape index (κ3) is 3.66. The fourth-order valence-corrected chi connectivity index (χ4v) is 1.29. The van der Waals surface area contributed by atoms with Crippen molar-refractivity contribution in [1.29, 1.82) is 0 Å². The highest BCUT2D eigenvalue weighted by atomic mass is 16.1.